The van der Waals surface area contributed by atoms with E-state index in [-0.39, 0.29) is 0 Å². The van der Waals surface area contributed by atoms with Gasteiger partial charge < -0.3 is 9.63 Å². The van der Waals surface area contributed by atoms with Gasteiger partial charge in [-0.2, -0.15) is 0 Å². The monoisotopic (exact) mass is 190 g/mol. The van der Waals surface area contributed by atoms with Gasteiger partial charge in [0, 0.05) is 12.1 Å². The van der Waals surface area contributed by atoms with Gasteiger partial charge in [0.05, 0.1) is 5.27 Å². The largest absolute Gasteiger partial charge is 0.539 e. The van der Waals surface area contributed by atoms with Gasteiger partial charge in [-0.25, -0.2) is 0 Å². The van der Waals surface area contributed by atoms with Crippen LogP contribution in [0.5, 0.6) is 5.95 Å². The van der Waals surface area contributed by atoms with Crippen LogP contribution in [0.15, 0.2) is 28.9 Å². The zero-order valence-corrected chi connectivity index (χ0v) is 8.02. The quantitative estimate of drug-likeness (QED) is 0.620. The lowest BCUT2D eigenvalue weighted by molar-refractivity contribution is -0.670. The summed E-state index contributed by atoms with van der Waals surface area (Å²) in [6, 6.07) is 5.83. The van der Waals surface area contributed by atoms with Crippen LogP contribution in [0.1, 0.15) is 11.1 Å². The number of rotatable bonds is 1. The van der Waals surface area contributed by atoms with Crippen molar-refractivity contribution in [2.45, 2.75) is 13.8 Å². The molecule has 0 saturated carbocycles. The molecule has 14 heavy (non-hydrogen) atoms. The summed E-state index contributed by atoms with van der Waals surface area (Å²) in [4.78, 5) is 0. The van der Waals surface area contributed by atoms with E-state index in [0.717, 1.165) is 11.3 Å². The molecule has 0 aliphatic heterocycles. The van der Waals surface area contributed by atoms with Crippen molar-refractivity contribution in [3.05, 3.63) is 35.5 Å². The fourth-order valence-electron chi connectivity index (χ4n) is 1.22. The summed E-state index contributed by atoms with van der Waals surface area (Å²) in [5.41, 5.74) is 3.20. The summed E-state index contributed by atoms with van der Waals surface area (Å²) < 4.78 is 5.87. The molecule has 2 aromatic rings. The minimum absolute atomic E-state index is 0.441. The number of nitrogens with zero attached hydrogens (tertiary/aromatic N) is 2. The van der Waals surface area contributed by atoms with Gasteiger partial charge in [-0.1, -0.05) is 6.07 Å². The third-order valence-corrected chi connectivity index (χ3v) is 2.20. The third kappa shape index (κ3) is 1.46. The fourth-order valence-corrected chi connectivity index (χ4v) is 1.22. The zero-order chi connectivity index (χ0) is 10.1. The number of hydrogen-bond donors (Lipinski definition) is 0. The summed E-state index contributed by atoms with van der Waals surface area (Å²) in [6.07, 6.45) is 1.31. The van der Waals surface area contributed by atoms with Crippen LogP contribution in [0, 0.1) is 13.8 Å². The molecule has 0 radical (unpaired) electrons. The lowest BCUT2D eigenvalue weighted by atomic mass is 10.1. The molecular formula is C10H10N2O2. The average molecular weight is 190 g/mol. The van der Waals surface area contributed by atoms with Crippen molar-refractivity contribution < 1.29 is 14.3 Å². The van der Waals surface area contributed by atoms with Crippen LogP contribution in [0.2, 0.25) is 0 Å². The SMILES string of the molecule is Cc1ccc(-[n+]2cc([O-])on2)cc1C. The standard InChI is InChI=1S/C10H10N2O2/c1-7-3-4-9(5-8(7)2)12-6-10(13)14-11-12/h3-6H,1-2H3. The second-order valence-electron chi connectivity index (χ2n) is 3.23. The Kier molecular flexibility index (Phi) is 1.96. The van der Waals surface area contributed by atoms with E-state index in [1.54, 1.807) is 0 Å². The average Bonchev–Trinajstić information content (AvgIpc) is 2.57. The Morgan fingerprint density at radius 2 is 2.07 bits per heavy atom. The predicted molar refractivity (Wildman–Crippen MR) is 47.0 cm³/mol. The molecule has 0 spiro atoms. The topological polar surface area (TPSA) is 53.0 Å². The van der Waals surface area contributed by atoms with E-state index in [4.69, 9.17) is 0 Å². The van der Waals surface area contributed by atoms with Gasteiger partial charge in [-0.15, -0.1) is 0 Å². The van der Waals surface area contributed by atoms with Crippen molar-refractivity contribution in [3.8, 4) is 11.6 Å². The summed E-state index contributed by atoms with van der Waals surface area (Å²) >= 11 is 0. The molecule has 0 bridgehead atoms. The maximum Gasteiger partial charge on any atom is 0.239 e. The van der Waals surface area contributed by atoms with Gasteiger partial charge in [0.2, 0.25) is 11.9 Å². The van der Waals surface area contributed by atoms with Gasteiger partial charge in [0.1, 0.15) is 5.95 Å². The molecule has 1 aromatic heterocycles. The highest BCUT2D eigenvalue weighted by molar-refractivity contribution is 5.33. The van der Waals surface area contributed by atoms with Crippen LogP contribution >= 0.6 is 0 Å². The van der Waals surface area contributed by atoms with Crippen molar-refractivity contribution in [2.24, 2.45) is 0 Å². The number of hydrogen-bond acceptors (Lipinski definition) is 3. The van der Waals surface area contributed by atoms with Crippen LogP contribution in [0.3, 0.4) is 0 Å². The third-order valence-electron chi connectivity index (χ3n) is 2.20. The number of aromatic nitrogens is 2. The number of benzene rings is 1. The van der Waals surface area contributed by atoms with E-state index < -0.39 is 5.95 Å². The minimum Gasteiger partial charge on any atom is -0.539 e. The zero-order valence-electron chi connectivity index (χ0n) is 8.02. The molecule has 0 aliphatic carbocycles. The fraction of sp³-hybridized carbons (Fsp3) is 0.200. The van der Waals surface area contributed by atoms with Crippen LogP contribution < -0.4 is 9.79 Å². The highest BCUT2D eigenvalue weighted by atomic mass is 16.6. The smallest absolute Gasteiger partial charge is 0.239 e. The van der Waals surface area contributed by atoms with E-state index in [9.17, 15) is 5.11 Å². The Balaban J connectivity index is 2.47. The highest BCUT2D eigenvalue weighted by Crippen LogP contribution is 2.09. The molecule has 1 heterocycles. The lowest BCUT2D eigenvalue weighted by Crippen LogP contribution is -2.31. The Labute approximate surface area is 81.4 Å². The molecule has 0 fully saturated rings. The highest BCUT2D eigenvalue weighted by Gasteiger charge is 2.09. The molecule has 0 N–H and O–H groups in total. The van der Waals surface area contributed by atoms with Gasteiger partial charge >= 0.3 is 0 Å². The Bertz CT molecular complexity index is 463. The van der Waals surface area contributed by atoms with E-state index in [1.165, 1.54) is 16.4 Å². The van der Waals surface area contributed by atoms with Crippen LogP contribution in [-0.4, -0.2) is 5.27 Å². The number of aryl methyl sites for hydroxylation is 2. The van der Waals surface area contributed by atoms with Gasteiger partial charge in [0.15, 0.2) is 0 Å². The second kappa shape index (κ2) is 3.14. The summed E-state index contributed by atoms with van der Waals surface area (Å²) in [5.74, 6) is -0.441. The Morgan fingerprint density at radius 3 is 2.64 bits per heavy atom. The van der Waals surface area contributed by atoms with Crippen molar-refractivity contribution in [2.75, 3.05) is 0 Å². The molecule has 0 aliphatic rings. The maximum absolute atomic E-state index is 10.8. The molecule has 0 atom stereocenters. The molecular weight excluding hydrogens is 180 g/mol. The molecule has 0 unspecified atom stereocenters. The second-order valence-corrected chi connectivity index (χ2v) is 3.23. The summed E-state index contributed by atoms with van der Waals surface area (Å²) in [7, 11) is 0. The molecule has 0 amide bonds. The predicted octanol–water partition coefficient (Wildman–Crippen LogP) is 0.642. The van der Waals surface area contributed by atoms with Crippen molar-refractivity contribution in [3.63, 3.8) is 0 Å². The molecule has 1 aromatic carbocycles. The van der Waals surface area contributed by atoms with Crippen LogP contribution in [0.25, 0.3) is 5.69 Å². The molecule has 4 nitrogen and oxygen atoms in total. The molecule has 4 heteroatoms. The summed E-state index contributed by atoms with van der Waals surface area (Å²) in [5, 5.41) is 14.4. The molecule has 0 saturated heterocycles. The van der Waals surface area contributed by atoms with Gasteiger partial charge in [-0.3, -0.25) is 0 Å². The molecule has 2 rings (SSSR count). The lowest BCUT2D eigenvalue weighted by Gasteiger charge is -1.97. The van der Waals surface area contributed by atoms with Crippen LogP contribution in [-0.2, 0) is 0 Å². The van der Waals surface area contributed by atoms with E-state index >= 15 is 0 Å². The maximum atomic E-state index is 10.8. The van der Waals surface area contributed by atoms with Crippen molar-refractivity contribution in [1.29, 1.82) is 0 Å². The summed E-state index contributed by atoms with van der Waals surface area (Å²) in [6.45, 7) is 4.04. The van der Waals surface area contributed by atoms with E-state index in [1.807, 2.05) is 32.0 Å². The van der Waals surface area contributed by atoms with Crippen LogP contribution in [0.4, 0.5) is 0 Å². The van der Waals surface area contributed by atoms with Crippen molar-refractivity contribution >= 4 is 0 Å². The Morgan fingerprint density at radius 1 is 1.29 bits per heavy atom. The van der Waals surface area contributed by atoms with Gasteiger partial charge in [0.25, 0.3) is 0 Å². The molecule has 72 valence electrons. The minimum atomic E-state index is -0.441. The first-order valence-corrected chi connectivity index (χ1v) is 4.30. The van der Waals surface area contributed by atoms with Crippen molar-refractivity contribution in [1.82, 2.24) is 5.27 Å². The normalized spacial score (nSPS) is 10.4. The first-order valence-electron chi connectivity index (χ1n) is 4.30. The first kappa shape index (κ1) is 8.74. The van der Waals surface area contributed by atoms with E-state index in [2.05, 4.69) is 9.79 Å². The first-order chi connectivity index (χ1) is 6.66. The Hall–Kier alpha value is -1.84. The van der Waals surface area contributed by atoms with Gasteiger partial charge in [-0.05, 0) is 29.7 Å². The van der Waals surface area contributed by atoms with E-state index in [0.29, 0.717) is 0 Å².